The van der Waals surface area contributed by atoms with Crippen molar-refractivity contribution in [3.05, 3.63) is 74.9 Å². The van der Waals surface area contributed by atoms with Crippen molar-refractivity contribution >= 4 is 34.1 Å². The fourth-order valence-electron chi connectivity index (χ4n) is 4.43. The van der Waals surface area contributed by atoms with Crippen LogP contribution in [-0.4, -0.2) is 34.2 Å². The Balaban J connectivity index is 1.76. The van der Waals surface area contributed by atoms with E-state index < -0.39 is 5.82 Å². The highest BCUT2D eigenvalue weighted by atomic mass is 35.5. The predicted molar refractivity (Wildman–Crippen MR) is 124 cm³/mol. The van der Waals surface area contributed by atoms with Crippen LogP contribution in [0.5, 0.6) is 0 Å². The molecule has 3 N–H and O–H groups in total. The number of halogens is 2. The molecule has 0 saturated heterocycles. The number of aliphatic hydroxyl groups excluding tert-OH is 1. The molecule has 0 fully saturated rings. The Hall–Kier alpha value is -2.90. The van der Waals surface area contributed by atoms with Gasteiger partial charge in [-0.05, 0) is 55.3 Å². The van der Waals surface area contributed by atoms with Gasteiger partial charge in [-0.3, -0.25) is 4.79 Å². The van der Waals surface area contributed by atoms with Gasteiger partial charge in [0.05, 0.1) is 11.1 Å². The van der Waals surface area contributed by atoms with E-state index in [4.69, 9.17) is 11.6 Å². The lowest BCUT2D eigenvalue weighted by Crippen LogP contribution is -2.39. The standard InChI is InChI=1S/C24H25ClFN3O3/c25-18-14-15(10-11-19(18)26)27-24(32)29(12-5-13-30)21-9-4-3-8-20-22(21)16-6-1-2-7-17(16)23(31)28-20/h1-2,6-7,10-11,14,21,30H,3-5,8-9,12-13H2,(H,27,32)(H,28,31)/t21-/m1/s1. The Kier molecular flexibility index (Phi) is 6.77. The first-order valence-electron chi connectivity index (χ1n) is 10.8. The molecule has 1 heterocycles. The van der Waals surface area contributed by atoms with E-state index in [0.717, 1.165) is 42.3 Å². The van der Waals surface area contributed by atoms with Crippen molar-refractivity contribution in [3.8, 4) is 0 Å². The van der Waals surface area contributed by atoms with Crippen LogP contribution in [0.1, 0.15) is 43.0 Å². The maximum absolute atomic E-state index is 13.5. The summed E-state index contributed by atoms with van der Waals surface area (Å²) in [5, 5.41) is 13.6. The van der Waals surface area contributed by atoms with Gasteiger partial charge in [0.2, 0.25) is 0 Å². The third-order valence-electron chi connectivity index (χ3n) is 5.90. The van der Waals surface area contributed by atoms with Crippen LogP contribution in [0.25, 0.3) is 10.8 Å². The van der Waals surface area contributed by atoms with Crippen molar-refractivity contribution in [1.82, 2.24) is 9.88 Å². The molecule has 6 nitrogen and oxygen atoms in total. The number of aliphatic hydroxyl groups is 1. The summed E-state index contributed by atoms with van der Waals surface area (Å²) in [6.45, 7) is 0.271. The molecule has 2 aromatic carbocycles. The average molecular weight is 458 g/mol. The Morgan fingerprint density at radius 2 is 2.00 bits per heavy atom. The quantitative estimate of drug-likeness (QED) is 0.471. The normalized spacial score (nSPS) is 15.8. The van der Waals surface area contributed by atoms with E-state index in [1.165, 1.54) is 18.2 Å². The molecule has 8 heteroatoms. The molecular formula is C24H25ClFN3O3. The zero-order valence-corrected chi connectivity index (χ0v) is 18.3. The fraction of sp³-hybridized carbons (Fsp3) is 0.333. The second-order valence-electron chi connectivity index (χ2n) is 7.98. The van der Waals surface area contributed by atoms with Crippen LogP contribution in [0, 0.1) is 5.82 Å². The Labute approximate surface area is 190 Å². The SMILES string of the molecule is O=C(Nc1ccc(F)c(Cl)c1)N(CCCO)[C@@H]1CCCCc2[nH]c(=O)c3ccccc3c21. The van der Waals surface area contributed by atoms with Gasteiger partial charge in [-0.25, -0.2) is 9.18 Å². The maximum Gasteiger partial charge on any atom is 0.322 e. The molecule has 0 unspecified atom stereocenters. The van der Waals surface area contributed by atoms with Crippen LogP contribution in [0.15, 0.2) is 47.3 Å². The Morgan fingerprint density at radius 1 is 1.22 bits per heavy atom. The monoisotopic (exact) mass is 457 g/mol. The van der Waals surface area contributed by atoms with Gasteiger partial charge in [-0.2, -0.15) is 0 Å². The zero-order valence-electron chi connectivity index (χ0n) is 17.5. The van der Waals surface area contributed by atoms with Gasteiger partial charge in [-0.1, -0.05) is 36.2 Å². The summed E-state index contributed by atoms with van der Waals surface area (Å²) in [5.41, 5.74) is 2.05. The molecule has 2 amide bonds. The average Bonchev–Trinajstić information content (AvgIpc) is 2.99. The molecule has 1 aliphatic carbocycles. The molecule has 32 heavy (non-hydrogen) atoms. The van der Waals surface area contributed by atoms with Crippen molar-refractivity contribution in [2.24, 2.45) is 0 Å². The number of aromatic amines is 1. The summed E-state index contributed by atoms with van der Waals surface area (Å²) in [6, 6.07) is 10.8. The number of amides is 2. The minimum Gasteiger partial charge on any atom is -0.396 e. The number of nitrogens with zero attached hydrogens (tertiary/aromatic N) is 1. The molecule has 0 bridgehead atoms. The minimum absolute atomic E-state index is 0.0574. The molecular weight excluding hydrogens is 433 g/mol. The smallest absolute Gasteiger partial charge is 0.322 e. The van der Waals surface area contributed by atoms with E-state index >= 15 is 0 Å². The van der Waals surface area contributed by atoms with Gasteiger partial charge in [0.15, 0.2) is 0 Å². The number of nitrogens with one attached hydrogen (secondary N) is 2. The molecule has 168 valence electrons. The molecule has 0 saturated carbocycles. The van der Waals surface area contributed by atoms with Crippen molar-refractivity contribution in [1.29, 1.82) is 0 Å². The van der Waals surface area contributed by atoms with Crippen LogP contribution < -0.4 is 10.9 Å². The van der Waals surface area contributed by atoms with Gasteiger partial charge < -0.3 is 20.3 Å². The molecule has 0 aliphatic heterocycles. The van der Waals surface area contributed by atoms with Gasteiger partial charge >= 0.3 is 6.03 Å². The fourth-order valence-corrected chi connectivity index (χ4v) is 4.61. The summed E-state index contributed by atoms with van der Waals surface area (Å²) < 4.78 is 13.5. The number of anilines is 1. The molecule has 1 aromatic heterocycles. The third kappa shape index (κ3) is 4.49. The highest BCUT2D eigenvalue weighted by molar-refractivity contribution is 6.31. The number of hydrogen-bond acceptors (Lipinski definition) is 3. The first kappa shape index (κ1) is 22.3. The summed E-state index contributed by atoms with van der Waals surface area (Å²) in [5.74, 6) is -0.560. The number of H-pyrrole nitrogens is 1. The number of fused-ring (bicyclic) bond motifs is 3. The largest absolute Gasteiger partial charge is 0.396 e. The van der Waals surface area contributed by atoms with E-state index in [2.05, 4.69) is 10.3 Å². The molecule has 3 aromatic rings. The summed E-state index contributed by atoms with van der Waals surface area (Å²) in [4.78, 5) is 30.7. The lowest BCUT2D eigenvalue weighted by atomic mass is 9.95. The van der Waals surface area contributed by atoms with Gasteiger partial charge in [0.1, 0.15) is 5.82 Å². The van der Waals surface area contributed by atoms with E-state index in [9.17, 15) is 19.1 Å². The van der Waals surface area contributed by atoms with Crippen LogP contribution >= 0.6 is 11.6 Å². The Morgan fingerprint density at radius 3 is 2.75 bits per heavy atom. The van der Waals surface area contributed by atoms with Crippen molar-refractivity contribution in [2.45, 2.75) is 38.1 Å². The van der Waals surface area contributed by atoms with Crippen LogP contribution in [0.3, 0.4) is 0 Å². The van der Waals surface area contributed by atoms with Crippen LogP contribution in [0.2, 0.25) is 5.02 Å². The lowest BCUT2D eigenvalue weighted by Gasteiger charge is -2.33. The molecule has 1 atom stereocenters. The minimum atomic E-state index is -0.560. The number of hydrogen-bond donors (Lipinski definition) is 3. The van der Waals surface area contributed by atoms with Gasteiger partial charge in [-0.15, -0.1) is 0 Å². The molecule has 1 aliphatic rings. The van der Waals surface area contributed by atoms with E-state index in [1.807, 2.05) is 18.2 Å². The molecule has 0 radical (unpaired) electrons. The lowest BCUT2D eigenvalue weighted by molar-refractivity contribution is 0.173. The number of rotatable bonds is 5. The molecule has 4 rings (SSSR count). The number of urea groups is 1. The number of benzene rings is 2. The molecule has 0 spiro atoms. The van der Waals surface area contributed by atoms with Crippen molar-refractivity contribution < 1.29 is 14.3 Å². The second-order valence-corrected chi connectivity index (χ2v) is 8.39. The summed E-state index contributed by atoms with van der Waals surface area (Å²) in [7, 11) is 0. The first-order chi connectivity index (χ1) is 15.5. The Bertz CT molecular complexity index is 1200. The number of aromatic nitrogens is 1. The van der Waals surface area contributed by atoms with Crippen molar-refractivity contribution in [2.75, 3.05) is 18.5 Å². The maximum atomic E-state index is 13.5. The van der Waals surface area contributed by atoms with Crippen LogP contribution in [0.4, 0.5) is 14.9 Å². The summed E-state index contributed by atoms with van der Waals surface area (Å²) in [6.07, 6.45) is 3.66. The highest BCUT2D eigenvalue weighted by Crippen LogP contribution is 2.36. The van der Waals surface area contributed by atoms with E-state index in [-0.39, 0.29) is 29.3 Å². The van der Waals surface area contributed by atoms with E-state index in [1.54, 1.807) is 11.0 Å². The third-order valence-corrected chi connectivity index (χ3v) is 6.19. The van der Waals surface area contributed by atoms with Crippen LogP contribution in [-0.2, 0) is 6.42 Å². The predicted octanol–water partition coefficient (Wildman–Crippen LogP) is 5.00. The highest BCUT2D eigenvalue weighted by Gasteiger charge is 2.30. The second kappa shape index (κ2) is 9.71. The first-order valence-corrected chi connectivity index (χ1v) is 11.1. The number of aryl methyl sites for hydroxylation is 1. The van der Waals surface area contributed by atoms with Crippen molar-refractivity contribution in [3.63, 3.8) is 0 Å². The summed E-state index contributed by atoms with van der Waals surface area (Å²) >= 11 is 5.87. The number of pyridine rings is 1. The topological polar surface area (TPSA) is 85.4 Å². The van der Waals surface area contributed by atoms with E-state index in [0.29, 0.717) is 24.0 Å². The van der Waals surface area contributed by atoms with Gasteiger partial charge in [0.25, 0.3) is 5.56 Å². The number of carbonyl (C=O) groups is 1. The number of carbonyl (C=O) groups excluding carboxylic acids is 1. The van der Waals surface area contributed by atoms with Gasteiger partial charge in [0, 0.05) is 35.5 Å². The zero-order chi connectivity index (χ0) is 22.7.